The summed E-state index contributed by atoms with van der Waals surface area (Å²) < 4.78 is 0. The van der Waals surface area contributed by atoms with Gasteiger partial charge in [-0.15, -0.1) is 0 Å². The Labute approximate surface area is 74.2 Å². The molecule has 0 aliphatic rings. The normalized spacial score (nSPS) is 10.3. The first-order valence-corrected chi connectivity index (χ1v) is 4.24. The Balaban J connectivity index is 3.04. The lowest BCUT2D eigenvalue weighted by atomic mass is 10.1. The molecule has 0 spiro atoms. The van der Waals surface area contributed by atoms with Crippen molar-refractivity contribution in [1.29, 1.82) is 0 Å². The van der Waals surface area contributed by atoms with Gasteiger partial charge < -0.3 is 0 Å². The second-order valence-electron chi connectivity index (χ2n) is 3.38. The largest absolute Gasteiger partial charge is 0.253 e. The van der Waals surface area contributed by atoms with Gasteiger partial charge in [-0.05, 0) is 30.5 Å². The first-order valence-electron chi connectivity index (χ1n) is 4.24. The predicted octanol–water partition coefficient (Wildman–Crippen LogP) is 3.24. The number of pyridine rings is 1. The Kier molecular flexibility index (Phi) is 2.64. The van der Waals surface area contributed by atoms with Crippen molar-refractivity contribution in [2.45, 2.75) is 26.7 Å². The Morgan fingerprint density at radius 3 is 2.58 bits per heavy atom. The van der Waals surface area contributed by atoms with Crippen molar-refractivity contribution in [3.8, 4) is 0 Å². The highest BCUT2D eigenvalue weighted by Gasteiger charge is 2.01. The van der Waals surface area contributed by atoms with Gasteiger partial charge >= 0.3 is 0 Å². The third kappa shape index (κ3) is 1.94. The van der Waals surface area contributed by atoms with Gasteiger partial charge in [0.05, 0.1) is 5.69 Å². The zero-order valence-electron chi connectivity index (χ0n) is 7.96. The minimum atomic E-state index is 0.490. The molecule has 0 N–H and O–H groups in total. The van der Waals surface area contributed by atoms with Crippen LogP contribution in [-0.2, 0) is 0 Å². The third-order valence-electron chi connectivity index (χ3n) is 1.80. The molecule has 1 nitrogen and oxygen atoms in total. The highest BCUT2D eigenvalue weighted by molar-refractivity contribution is 5.57. The second kappa shape index (κ2) is 3.53. The summed E-state index contributed by atoms with van der Waals surface area (Å²) in [5, 5.41) is 0. The van der Waals surface area contributed by atoms with E-state index in [9.17, 15) is 0 Å². The molecule has 1 rings (SSSR count). The first kappa shape index (κ1) is 8.98. The van der Waals surface area contributed by atoms with Crippen molar-refractivity contribution in [3.63, 3.8) is 0 Å². The van der Waals surface area contributed by atoms with Crippen LogP contribution in [0.3, 0.4) is 0 Å². The van der Waals surface area contributed by atoms with E-state index in [4.69, 9.17) is 0 Å². The summed E-state index contributed by atoms with van der Waals surface area (Å²) in [6, 6.07) is 6.08. The van der Waals surface area contributed by atoms with Crippen molar-refractivity contribution in [2.75, 3.05) is 0 Å². The third-order valence-corrected chi connectivity index (χ3v) is 1.80. The fraction of sp³-hybridized carbons (Fsp3) is 0.364. The summed E-state index contributed by atoms with van der Waals surface area (Å²) in [5.41, 5.74) is 3.16. The average molecular weight is 161 g/mol. The van der Waals surface area contributed by atoms with Crippen LogP contribution >= 0.6 is 0 Å². The summed E-state index contributed by atoms with van der Waals surface area (Å²) in [6.45, 7) is 10.1. The second-order valence-corrected chi connectivity index (χ2v) is 3.38. The Morgan fingerprint density at radius 1 is 1.42 bits per heavy atom. The highest BCUT2D eigenvalue weighted by atomic mass is 14.7. The average Bonchev–Trinajstić information content (AvgIpc) is 2.04. The van der Waals surface area contributed by atoms with Gasteiger partial charge in [-0.2, -0.15) is 0 Å². The number of aromatic nitrogens is 1. The van der Waals surface area contributed by atoms with Crippen molar-refractivity contribution in [3.05, 3.63) is 36.2 Å². The van der Waals surface area contributed by atoms with Crippen LogP contribution in [0.2, 0.25) is 0 Å². The summed E-state index contributed by atoms with van der Waals surface area (Å²) in [7, 11) is 0. The van der Waals surface area contributed by atoms with Crippen molar-refractivity contribution < 1.29 is 0 Å². The number of allylic oxidation sites excluding steroid dienone is 1. The maximum absolute atomic E-state index is 4.47. The van der Waals surface area contributed by atoms with Gasteiger partial charge in [-0.25, -0.2) is 0 Å². The fourth-order valence-corrected chi connectivity index (χ4v) is 1.01. The fourth-order valence-electron chi connectivity index (χ4n) is 1.01. The smallest absolute Gasteiger partial charge is 0.0656 e. The first-order chi connectivity index (χ1) is 5.61. The summed E-state index contributed by atoms with van der Waals surface area (Å²) in [6.07, 6.45) is 0. The monoisotopic (exact) mass is 161 g/mol. The van der Waals surface area contributed by atoms with E-state index in [2.05, 4.69) is 31.5 Å². The molecule has 0 aliphatic heterocycles. The maximum atomic E-state index is 4.47. The molecule has 1 heterocycles. The van der Waals surface area contributed by atoms with Crippen LogP contribution in [0.25, 0.3) is 5.57 Å². The van der Waals surface area contributed by atoms with E-state index in [1.807, 2.05) is 19.1 Å². The van der Waals surface area contributed by atoms with Gasteiger partial charge in [0, 0.05) is 5.69 Å². The van der Waals surface area contributed by atoms with Crippen LogP contribution < -0.4 is 0 Å². The van der Waals surface area contributed by atoms with E-state index in [-0.39, 0.29) is 0 Å². The van der Waals surface area contributed by atoms with Gasteiger partial charge in [0.25, 0.3) is 0 Å². The van der Waals surface area contributed by atoms with Gasteiger partial charge in [0.1, 0.15) is 0 Å². The van der Waals surface area contributed by atoms with Crippen LogP contribution in [0.1, 0.15) is 38.1 Å². The lowest BCUT2D eigenvalue weighted by Gasteiger charge is -2.06. The molecule has 1 aromatic rings. The minimum absolute atomic E-state index is 0.490. The van der Waals surface area contributed by atoms with Crippen LogP contribution in [0.15, 0.2) is 24.8 Å². The SMILES string of the molecule is C=C(C)c1cccc(C(C)C)n1. The molecule has 0 aromatic carbocycles. The Bertz CT molecular complexity index is 287. The maximum Gasteiger partial charge on any atom is 0.0656 e. The molecule has 0 amide bonds. The number of hydrogen-bond donors (Lipinski definition) is 0. The molecular formula is C11H15N. The van der Waals surface area contributed by atoms with E-state index < -0.39 is 0 Å². The molecule has 1 aromatic heterocycles. The van der Waals surface area contributed by atoms with Crippen molar-refractivity contribution in [1.82, 2.24) is 4.98 Å². The molecule has 0 fully saturated rings. The van der Waals surface area contributed by atoms with Crippen LogP contribution in [-0.4, -0.2) is 4.98 Å². The van der Waals surface area contributed by atoms with E-state index in [0.717, 1.165) is 17.0 Å². The Morgan fingerprint density at radius 2 is 2.08 bits per heavy atom. The molecular weight excluding hydrogens is 146 g/mol. The zero-order valence-corrected chi connectivity index (χ0v) is 7.96. The summed E-state index contributed by atoms with van der Waals surface area (Å²) >= 11 is 0. The van der Waals surface area contributed by atoms with E-state index in [1.165, 1.54) is 0 Å². The Hall–Kier alpha value is -1.11. The quantitative estimate of drug-likeness (QED) is 0.649. The molecule has 0 unspecified atom stereocenters. The lowest BCUT2D eigenvalue weighted by Crippen LogP contribution is -1.94. The summed E-state index contributed by atoms with van der Waals surface area (Å²) in [4.78, 5) is 4.47. The van der Waals surface area contributed by atoms with E-state index >= 15 is 0 Å². The molecule has 0 saturated carbocycles. The van der Waals surface area contributed by atoms with Crippen LogP contribution in [0.5, 0.6) is 0 Å². The molecule has 0 atom stereocenters. The highest BCUT2D eigenvalue weighted by Crippen LogP contribution is 2.14. The van der Waals surface area contributed by atoms with Crippen LogP contribution in [0.4, 0.5) is 0 Å². The predicted molar refractivity (Wildman–Crippen MR) is 53.0 cm³/mol. The molecule has 12 heavy (non-hydrogen) atoms. The van der Waals surface area contributed by atoms with Gasteiger partial charge in [0.2, 0.25) is 0 Å². The number of nitrogens with zero attached hydrogens (tertiary/aromatic N) is 1. The molecule has 1 heteroatoms. The van der Waals surface area contributed by atoms with Gasteiger partial charge in [-0.1, -0.05) is 26.5 Å². The standard InChI is InChI=1S/C11H15N/c1-8(2)10-6-5-7-11(12-10)9(3)4/h5-7,9H,1H2,2-4H3. The number of hydrogen-bond acceptors (Lipinski definition) is 1. The van der Waals surface area contributed by atoms with Crippen LogP contribution in [0, 0.1) is 0 Å². The van der Waals surface area contributed by atoms with Gasteiger partial charge in [0.15, 0.2) is 0 Å². The van der Waals surface area contributed by atoms with E-state index in [0.29, 0.717) is 5.92 Å². The zero-order chi connectivity index (χ0) is 9.14. The molecule has 0 radical (unpaired) electrons. The number of rotatable bonds is 2. The molecule has 0 saturated heterocycles. The minimum Gasteiger partial charge on any atom is -0.253 e. The topological polar surface area (TPSA) is 12.9 Å². The van der Waals surface area contributed by atoms with Crippen molar-refractivity contribution >= 4 is 5.57 Å². The summed E-state index contributed by atoms with van der Waals surface area (Å²) in [5.74, 6) is 0.490. The van der Waals surface area contributed by atoms with Crippen molar-refractivity contribution in [2.24, 2.45) is 0 Å². The van der Waals surface area contributed by atoms with E-state index in [1.54, 1.807) is 0 Å². The molecule has 0 aliphatic carbocycles. The lowest BCUT2D eigenvalue weighted by molar-refractivity contribution is 0.820. The molecule has 0 bridgehead atoms. The van der Waals surface area contributed by atoms with Gasteiger partial charge in [-0.3, -0.25) is 4.98 Å². The molecule has 64 valence electrons.